The van der Waals surface area contributed by atoms with Crippen LogP contribution in [0.2, 0.25) is 0 Å². The Morgan fingerprint density at radius 2 is 2.17 bits per heavy atom. The standard InChI is InChI=1S/C13H16N4O/c14-12-3-1-11(2-4-12)13-15-9-17(16-13)7-10-5-6-18-8-10/h1-4,9-10H,5-8,14H2. The Balaban J connectivity index is 1.74. The molecule has 5 heteroatoms. The normalized spacial score (nSPS) is 19.2. The minimum Gasteiger partial charge on any atom is -0.399 e. The topological polar surface area (TPSA) is 66.0 Å². The molecule has 0 aliphatic carbocycles. The van der Waals surface area contributed by atoms with E-state index in [4.69, 9.17) is 10.5 Å². The van der Waals surface area contributed by atoms with E-state index in [1.807, 2.05) is 28.9 Å². The molecular weight excluding hydrogens is 228 g/mol. The third kappa shape index (κ3) is 2.36. The number of ether oxygens (including phenoxy) is 1. The monoisotopic (exact) mass is 244 g/mol. The van der Waals surface area contributed by atoms with Crippen molar-refractivity contribution in [2.24, 2.45) is 5.92 Å². The largest absolute Gasteiger partial charge is 0.399 e. The molecule has 0 radical (unpaired) electrons. The lowest BCUT2D eigenvalue weighted by atomic mass is 10.1. The second-order valence-electron chi connectivity index (χ2n) is 4.64. The van der Waals surface area contributed by atoms with Gasteiger partial charge in [-0.25, -0.2) is 4.98 Å². The third-order valence-corrected chi connectivity index (χ3v) is 3.17. The molecule has 1 unspecified atom stereocenters. The van der Waals surface area contributed by atoms with Crippen molar-refractivity contribution in [3.8, 4) is 11.4 Å². The maximum absolute atomic E-state index is 5.66. The molecule has 94 valence electrons. The second kappa shape index (κ2) is 4.78. The van der Waals surface area contributed by atoms with Gasteiger partial charge >= 0.3 is 0 Å². The van der Waals surface area contributed by atoms with Gasteiger partial charge in [-0.05, 0) is 30.7 Å². The molecule has 1 aromatic carbocycles. The Morgan fingerprint density at radius 3 is 2.89 bits per heavy atom. The zero-order chi connectivity index (χ0) is 12.4. The molecule has 2 heterocycles. The summed E-state index contributed by atoms with van der Waals surface area (Å²) in [5, 5.41) is 4.48. The fourth-order valence-corrected chi connectivity index (χ4v) is 2.14. The fraction of sp³-hybridized carbons (Fsp3) is 0.385. The summed E-state index contributed by atoms with van der Waals surface area (Å²) in [5.74, 6) is 1.31. The average molecular weight is 244 g/mol. The molecule has 1 aromatic heterocycles. The van der Waals surface area contributed by atoms with Gasteiger partial charge in [-0.15, -0.1) is 0 Å². The number of hydrogen-bond acceptors (Lipinski definition) is 4. The maximum atomic E-state index is 5.66. The minimum atomic E-state index is 0.561. The van der Waals surface area contributed by atoms with E-state index >= 15 is 0 Å². The van der Waals surface area contributed by atoms with Crippen LogP contribution in [0.3, 0.4) is 0 Å². The number of nitrogens with zero attached hydrogens (tertiary/aromatic N) is 3. The van der Waals surface area contributed by atoms with E-state index in [-0.39, 0.29) is 0 Å². The van der Waals surface area contributed by atoms with Crippen LogP contribution in [0.5, 0.6) is 0 Å². The summed E-state index contributed by atoms with van der Waals surface area (Å²) in [6.07, 6.45) is 2.89. The van der Waals surface area contributed by atoms with Gasteiger partial charge in [-0.1, -0.05) is 0 Å². The van der Waals surface area contributed by atoms with Crippen molar-refractivity contribution in [2.45, 2.75) is 13.0 Å². The van der Waals surface area contributed by atoms with Crippen molar-refractivity contribution in [2.75, 3.05) is 18.9 Å². The first-order chi connectivity index (χ1) is 8.81. The van der Waals surface area contributed by atoms with Crippen LogP contribution in [-0.4, -0.2) is 28.0 Å². The Labute approximate surface area is 106 Å². The summed E-state index contributed by atoms with van der Waals surface area (Å²) in [4.78, 5) is 4.33. The van der Waals surface area contributed by atoms with E-state index in [2.05, 4.69) is 10.1 Å². The summed E-state index contributed by atoms with van der Waals surface area (Å²) in [7, 11) is 0. The lowest BCUT2D eigenvalue weighted by Crippen LogP contribution is -2.10. The predicted octanol–water partition coefficient (Wildman–Crippen LogP) is 1.56. The Hall–Kier alpha value is -1.88. The van der Waals surface area contributed by atoms with Crippen LogP contribution in [0.1, 0.15) is 6.42 Å². The molecule has 1 aliphatic rings. The number of anilines is 1. The van der Waals surface area contributed by atoms with Gasteiger partial charge in [0.2, 0.25) is 0 Å². The van der Waals surface area contributed by atoms with Crippen LogP contribution in [0.15, 0.2) is 30.6 Å². The molecule has 3 rings (SSSR count). The van der Waals surface area contributed by atoms with E-state index in [1.54, 1.807) is 6.33 Å². The van der Waals surface area contributed by atoms with E-state index in [9.17, 15) is 0 Å². The van der Waals surface area contributed by atoms with Gasteiger partial charge in [0.25, 0.3) is 0 Å². The van der Waals surface area contributed by atoms with Gasteiger partial charge in [-0.3, -0.25) is 4.68 Å². The molecule has 1 fully saturated rings. The van der Waals surface area contributed by atoms with Crippen molar-refractivity contribution < 1.29 is 4.74 Å². The highest BCUT2D eigenvalue weighted by Crippen LogP contribution is 2.18. The van der Waals surface area contributed by atoms with Crippen molar-refractivity contribution in [3.05, 3.63) is 30.6 Å². The molecule has 0 saturated carbocycles. The number of nitrogens with two attached hydrogens (primary N) is 1. The Bertz CT molecular complexity index is 514. The third-order valence-electron chi connectivity index (χ3n) is 3.17. The zero-order valence-electron chi connectivity index (χ0n) is 10.1. The van der Waals surface area contributed by atoms with Gasteiger partial charge in [0.1, 0.15) is 6.33 Å². The number of rotatable bonds is 3. The first-order valence-corrected chi connectivity index (χ1v) is 6.14. The van der Waals surface area contributed by atoms with Gasteiger partial charge < -0.3 is 10.5 Å². The SMILES string of the molecule is Nc1ccc(-c2ncn(CC3CCOC3)n2)cc1. The smallest absolute Gasteiger partial charge is 0.181 e. The van der Waals surface area contributed by atoms with Crippen LogP contribution in [-0.2, 0) is 11.3 Å². The summed E-state index contributed by atoms with van der Waals surface area (Å²) in [6, 6.07) is 7.60. The summed E-state index contributed by atoms with van der Waals surface area (Å²) < 4.78 is 7.25. The first-order valence-electron chi connectivity index (χ1n) is 6.14. The van der Waals surface area contributed by atoms with Crippen molar-refractivity contribution in [1.29, 1.82) is 0 Å². The molecule has 5 nitrogen and oxygen atoms in total. The molecule has 1 saturated heterocycles. The first kappa shape index (κ1) is 11.2. The lowest BCUT2D eigenvalue weighted by molar-refractivity contribution is 0.181. The summed E-state index contributed by atoms with van der Waals surface area (Å²) in [6.45, 7) is 2.57. The van der Waals surface area contributed by atoms with Gasteiger partial charge in [0.05, 0.1) is 6.61 Å². The summed E-state index contributed by atoms with van der Waals surface area (Å²) >= 11 is 0. The highest BCUT2D eigenvalue weighted by atomic mass is 16.5. The van der Waals surface area contributed by atoms with Crippen LogP contribution in [0.4, 0.5) is 5.69 Å². The van der Waals surface area contributed by atoms with Gasteiger partial charge in [-0.2, -0.15) is 5.10 Å². The molecule has 18 heavy (non-hydrogen) atoms. The summed E-state index contributed by atoms with van der Waals surface area (Å²) in [5.41, 5.74) is 7.40. The molecule has 0 spiro atoms. The van der Waals surface area contributed by atoms with Crippen LogP contribution < -0.4 is 5.73 Å². The molecule has 0 bridgehead atoms. The van der Waals surface area contributed by atoms with Crippen LogP contribution in [0.25, 0.3) is 11.4 Å². The second-order valence-corrected chi connectivity index (χ2v) is 4.64. The van der Waals surface area contributed by atoms with Crippen LogP contribution >= 0.6 is 0 Å². The minimum absolute atomic E-state index is 0.561. The zero-order valence-corrected chi connectivity index (χ0v) is 10.1. The fourth-order valence-electron chi connectivity index (χ4n) is 2.14. The quantitative estimate of drug-likeness (QED) is 0.832. The number of nitrogen functional groups attached to an aromatic ring is 1. The highest BCUT2D eigenvalue weighted by molar-refractivity contribution is 5.57. The molecule has 0 amide bonds. The van der Waals surface area contributed by atoms with Crippen molar-refractivity contribution in [1.82, 2.24) is 14.8 Å². The van der Waals surface area contributed by atoms with E-state index in [0.29, 0.717) is 5.92 Å². The highest BCUT2D eigenvalue weighted by Gasteiger charge is 2.16. The number of benzene rings is 1. The maximum Gasteiger partial charge on any atom is 0.181 e. The van der Waals surface area contributed by atoms with Gasteiger partial charge in [0, 0.05) is 30.3 Å². The Kier molecular flexibility index (Phi) is 2.98. The molecule has 1 aliphatic heterocycles. The van der Waals surface area contributed by atoms with E-state index < -0.39 is 0 Å². The Morgan fingerprint density at radius 1 is 1.33 bits per heavy atom. The molecule has 2 N–H and O–H groups in total. The van der Waals surface area contributed by atoms with E-state index in [1.165, 1.54) is 0 Å². The predicted molar refractivity (Wildman–Crippen MR) is 68.8 cm³/mol. The van der Waals surface area contributed by atoms with Crippen LogP contribution in [0, 0.1) is 5.92 Å². The number of aromatic nitrogens is 3. The molecule has 1 atom stereocenters. The molecule has 2 aromatic rings. The molecular formula is C13H16N4O. The van der Waals surface area contributed by atoms with Crippen molar-refractivity contribution >= 4 is 5.69 Å². The number of hydrogen-bond donors (Lipinski definition) is 1. The van der Waals surface area contributed by atoms with E-state index in [0.717, 1.165) is 43.3 Å². The van der Waals surface area contributed by atoms with Crippen molar-refractivity contribution in [3.63, 3.8) is 0 Å². The average Bonchev–Trinajstić information content (AvgIpc) is 3.02. The van der Waals surface area contributed by atoms with Gasteiger partial charge in [0.15, 0.2) is 5.82 Å². The lowest BCUT2D eigenvalue weighted by Gasteiger charge is -2.05.